The van der Waals surface area contributed by atoms with Crippen molar-refractivity contribution < 1.29 is 4.74 Å². The van der Waals surface area contributed by atoms with Gasteiger partial charge in [-0.25, -0.2) is 0 Å². The molecule has 0 unspecified atom stereocenters. The minimum Gasteiger partial charge on any atom is -0.385 e. The number of hydrogen-bond donors (Lipinski definition) is 2. The molecule has 0 radical (unpaired) electrons. The van der Waals surface area contributed by atoms with Crippen molar-refractivity contribution in [3.8, 4) is 12.3 Å². The van der Waals surface area contributed by atoms with Crippen LogP contribution in [-0.2, 0) is 4.74 Å². The maximum atomic E-state index is 5.20. The first kappa shape index (κ1) is 17.5. The second kappa shape index (κ2) is 9.45. The molecule has 0 aromatic carbocycles. The molecule has 0 heterocycles. The van der Waals surface area contributed by atoms with Crippen LogP contribution >= 0.6 is 24.0 Å². The van der Waals surface area contributed by atoms with Crippen molar-refractivity contribution in [3.05, 3.63) is 0 Å². The lowest BCUT2D eigenvalue weighted by molar-refractivity contribution is 0.0733. The van der Waals surface area contributed by atoms with E-state index < -0.39 is 0 Å². The molecule has 0 saturated heterocycles. The Morgan fingerprint density at radius 2 is 2.17 bits per heavy atom. The van der Waals surface area contributed by atoms with Crippen LogP contribution in [-0.4, -0.2) is 39.8 Å². The third-order valence-corrected chi connectivity index (χ3v) is 3.46. The minimum atomic E-state index is 0. The highest BCUT2D eigenvalue weighted by Crippen LogP contribution is 2.43. The maximum Gasteiger partial charge on any atom is 0.191 e. The molecule has 0 amide bonds. The lowest BCUT2D eigenvalue weighted by atomic mass is 9.67. The molecule has 5 heteroatoms. The molecule has 0 aliphatic heterocycles. The summed E-state index contributed by atoms with van der Waals surface area (Å²) in [6.07, 6.45) is 10.2. The van der Waals surface area contributed by atoms with Crippen LogP contribution in [0.4, 0.5) is 0 Å². The quantitative estimate of drug-likeness (QED) is 0.325. The summed E-state index contributed by atoms with van der Waals surface area (Å²) in [5.41, 5.74) is 0.393. The van der Waals surface area contributed by atoms with Crippen LogP contribution in [0.2, 0.25) is 0 Å². The Labute approximate surface area is 127 Å². The summed E-state index contributed by atoms with van der Waals surface area (Å²) in [6, 6.07) is 0. The van der Waals surface area contributed by atoms with Crippen molar-refractivity contribution in [1.82, 2.24) is 10.6 Å². The highest BCUT2D eigenvalue weighted by Gasteiger charge is 2.36. The molecular formula is C13H24IN3O. The Hall–Kier alpha value is -0.480. The second-order valence-electron chi connectivity index (χ2n) is 4.58. The molecule has 1 aliphatic rings. The van der Waals surface area contributed by atoms with Crippen molar-refractivity contribution in [1.29, 1.82) is 0 Å². The van der Waals surface area contributed by atoms with Gasteiger partial charge in [-0.3, -0.25) is 4.99 Å². The molecule has 104 valence electrons. The van der Waals surface area contributed by atoms with Crippen LogP contribution in [0.3, 0.4) is 0 Å². The van der Waals surface area contributed by atoms with Gasteiger partial charge in [0, 0.05) is 27.3 Å². The highest BCUT2D eigenvalue weighted by molar-refractivity contribution is 14.0. The molecule has 2 N–H and O–H groups in total. The summed E-state index contributed by atoms with van der Waals surface area (Å²) < 4.78 is 5.17. The molecule has 18 heavy (non-hydrogen) atoms. The average Bonchev–Trinajstić information content (AvgIpc) is 2.31. The van der Waals surface area contributed by atoms with Crippen molar-refractivity contribution in [2.75, 3.05) is 33.9 Å². The first-order valence-electron chi connectivity index (χ1n) is 6.13. The average molecular weight is 365 g/mol. The predicted molar refractivity (Wildman–Crippen MR) is 86.4 cm³/mol. The Bertz CT molecular complexity index is 295. The smallest absolute Gasteiger partial charge is 0.191 e. The number of guanidine groups is 1. The summed E-state index contributed by atoms with van der Waals surface area (Å²) >= 11 is 0. The SMILES string of the molecule is C#CCNC(=NC)NCC1(CCOC)CCC1.I. The number of aliphatic imine (C=N–C) groups is 1. The van der Waals surface area contributed by atoms with E-state index in [0.29, 0.717) is 12.0 Å². The monoisotopic (exact) mass is 365 g/mol. The number of methoxy groups -OCH3 is 1. The summed E-state index contributed by atoms with van der Waals surface area (Å²) in [6.45, 7) is 2.28. The van der Waals surface area contributed by atoms with Crippen LogP contribution in [0, 0.1) is 17.8 Å². The third kappa shape index (κ3) is 5.44. The van der Waals surface area contributed by atoms with Crippen LogP contribution in [0.1, 0.15) is 25.7 Å². The lowest BCUT2D eigenvalue weighted by Crippen LogP contribution is -2.47. The van der Waals surface area contributed by atoms with Gasteiger partial charge in [-0.05, 0) is 24.7 Å². The van der Waals surface area contributed by atoms with Crippen molar-refractivity contribution >= 4 is 29.9 Å². The van der Waals surface area contributed by atoms with Gasteiger partial charge < -0.3 is 15.4 Å². The van der Waals surface area contributed by atoms with E-state index in [-0.39, 0.29) is 24.0 Å². The Balaban J connectivity index is 0.00000289. The number of halogens is 1. The first-order valence-corrected chi connectivity index (χ1v) is 6.13. The minimum absolute atomic E-state index is 0. The van der Waals surface area contributed by atoms with E-state index in [9.17, 15) is 0 Å². The van der Waals surface area contributed by atoms with Crippen LogP contribution in [0.15, 0.2) is 4.99 Å². The van der Waals surface area contributed by atoms with Gasteiger partial charge in [-0.1, -0.05) is 12.3 Å². The molecule has 1 aliphatic carbocycles. The number of nitrogens with zero attached hydrogens (tertiary/aromatic N) is 1. The summed E-state index contributed by atoms with van der Waals surface area (Å²) in [5, 5.41) is 6.41. The molecule has 0 bridgehead atoms. The molecule has 1 saturated carbocycles. The molecular weight excluding hydrogens is 341 g/mol. The highest BCUT2D eigenvalue weighted by atomic mass is 127. The Kier molecular flexibility index (Phi) is 9.20. The van der Waals surface area contributed by atoms with E-state index in [0.717, 1.165) is 25.5 Å². The molecule has 1 rings (SSSR count). The normalized spacial score (nSPS) is 17.1. The van der Waals surface area contributed by atoms with Gasteiger partial charge in [-0.15, -0.1) is 30.4 Å². The Morgan fingerprint density at radius 3 is 2.61 bits per heavy atom. The molecule has 1 fully saturated rings. The zero-order valence-electron chi connectivity index (χ0n) is 11.3. The Morgan fingerprint density at radius 1 is 1.44 bits per heavy atom. The van der Waals surface area contributed by atoms with Crippen LogP contribution in [0.5, 0.6) is 0 Å². The largest absolute Gasteiger partial charge is 0.385 e. The van der Waals surface area contributed by atoms with E-state index in [4.69, 9.17) is 11.2 Å². The fourth-order valence-electron chi connectivity index (χ4n) is 2.14. The predicted octanol–water partition coefficient (Wildman–Crippen LogP) is 1.61. The van der Waals surface area contributed by atoms with E-state index in [2.05, 4.69) is 21.5 Å². The summed E-state index contributed by atoms with van der Waals surface area (Å²) in [4.78, 5) is 4.13. The van der Waals surface area contributed by atoms with E-state index in [1.807, 2.05) is 0 Å². The van der Waals surface area contributed by atoms with E-state index in [1.54, 1.807) is 14.2 Å². The molecule has 0 atom stereocenters. The standard InChI is InChI=1S/C13H23N3O.HI/c1-4-9-15-12(14-2)16-11-13(6-5-7-13)8-10-17-3;/h1H,5-11H2,2-3H3,(H2,14,15,16);1H. The van der Waals surface area contributed by atoms with Gasteiger partial charge in [0.25, 0.3) is 0 Å². The fraction of sp³-hybridized carbons (Fsp3) is 0.769. The maximum absolute atomic E-state index is 5.20. The summed E-state index contributed by atoms with van der Waals surface area (Å²) in [7, 11) is 3.52. The van der Waals surface area contributed by atoms with Gasteiger partial charge in [-0.2, -0.15) is 0 Å². The van der Waals surface area contributed by atoms with Crippen LogP contribution < -0.4 is 10.6 Å². The number of hydrogen-bond acceptors (Lipinski definition) is 2. The molecule has 0 spiro atoms. The van der Waals surface area contributed by atoms with E-state index in [1.165, 1.54) is 19.3 Å². The number of rotatable bonds is 6. The van der Waals surface area contributed by atoms with Crippen molar-refractivity contribution in [3.63, 3.8) is 0 Å². The van der Waals surface area contributed by atoms with Crippen molar-refractivity contribution in [2.45, 2.75) is 25.7 Å². The zero-order valence-corrected chi connectivity index (χ0v) is 13.6. The first-order chi connectivity index (χ1) is 8.26. The van der Waals surface area contributed by atoms with Gasteiger partial charge in [0.2, 0.25) is 0 Å². The number of nitrogens with one attached hydrogen (secondary N) is 2. The van der Waals surface area contributed by atoms with E-state index >= 15 is 0 Å². The topological polar surface area (TPSA) is 45.7 Å². The molecule has 4 nitrogen and oxygen atoms in total. The number of ether oxygens (including phenoxy) is 1. The number of terminal acetylenes is 1. The fourth-order valence-corrected chi connectivity index (χ4v) is 2.14. The van der Waals surface area contributed by atoms with Crippen molar-refractivity contribution in [2.24, 2.45) is 10.4 Å². The zero-order chi connectivity index (χ0) is 12.6. The molecule has 0 aromatic heterocycles. The van der Waals surface area contributed by atoms with Gasteiger partial charge in [0.1, 0.15) is 0 Å². The van der Waals surface area contributed by atoms with Gasteiger partial charge >= 0.3 is 0 Å². The van der Waals surface area contributed by atoms with Crippen LogP contribution in [0.25, 0.3) is 0 Å². The third-order valence-electron chi connectivity index (χ3n) is 3.46. The summed E-state index contributed by atoms with van der Waals surface area (Å²) in [5.74, 6) is 3.32. The van der Waals surface area contributed by atoms with Gasteiger partial charge in [0.05, 0.1) is 6.54 Å². The molecule has 0 aromatic rings. The van der Waals surface area contributed by atoms with Gasteiger partial charge in [0.15, 0.2) is 5.96 Å². The second-order valence-corrected chi connectivity index (χ2v) is 4.58. The lowest BCUT2D eigenvalue weighted by Gasteiger charge is -2.42.